The SMILES string of the molecule is CC(C)NCCCC(=O)NC(CCS(C)(=O)=O)C(=O)O. The van der Waals surface area contributed by atoms with Crippen molar-refractivity contribution in [3.8, 4) is 0 Å². The van der Waals surface area contributed by atoms with Crippen molar-refractivity contribution in [1.29, 1.82) is 0 Å². The maximum atomic E-state index is 11.6. The van der Waals surface area contributed by atoms with Crippen molar-refractivity contribution in [3.05, 3.63) is 0 Å². The number of hydrogen-bond acceptors (Lipinski definition) is 5. The van der Waals surface area contributed by atoms with E-state index in [4.69, 9.17) is 5.11 Å². The molecule has 1 amide bonds. The predicted molar refractivity (Wildman–Crippen MR) is 76.3 cm³/mol. The van der Waals surface area contributed by atoms with Crippen molar-refractivity contribution >= 4 is 21.7 Å². The second kappa shape index (κ2) is 8.91. The molecule has 0 aromatic heterocycles. The van der Waals surface area contributed by atoms with E-state index in [2.05, 4.69) is 10.6 Å². The number of carbonyl (C=O) groups excluding carboxylic acids is 1. The summed E-state index contributed by atoms with van der Waals surface area (Å²) in [6.45, 7) is 4.66. The van der Waals surface area contributed by atoms with Gasteiger partial charge in [-0.05, 0) is 19.4 Å². The van der Waals surface area contributed by atoms with Crippen molar-refractivity contribution in [1.82, 2.24) is 10.6 Å². The number of sulfone groups is 1. The molecule has 1 atom stereocenters. The average molecular weight is 308 g/mol. The second-order valence-corrected chi connectivity index (χ2v) is 7.35. The van der Waals surface area contributed by atoms with Gasteiger partial charge in [0.2, 0.25) is 5.91 Å². The van der Waals surface area contributed by atoms with Crippen molar-refractivity contribution in [2.75, 3.05) is 18.6 Å². The average Bonchev–Trinajstić information content (AvgIpc) is 2.28. The van der Waals surface area contributed by atoms with Gasteiger partial charge < -0.3 is 15.7 Å². The summed E-state index contributed by atoms with van der Waals surface area (Å²) in [5.74, 6) is -1.86. The van der Waals surface area contributed by atoms with Crippen molar-refractivity contribution in [3.63, 3.8) is 0 Å². The lowest BCUT2D eigenvalue weighted by molar-refractivity contribution is -0.141. The van der Waals surface area contributed by atoms with Gasteiger partial charge in [0, 0.05) is 18.7 Å². The molecule has 7 nitrogen and oxygen atoms in total. The molecule has 0 bridgehead atoms. The van der Waals surface area contributed by atoms with E-state index in [9.17, 15) is 18.0 Å². The third kappa shape index (κ3) is 10.7. The third-order valence-electron chi connectivity index (χ3n) is 2.54. The van der Waals surface area contributed by atoms with Gasteiger partial charge in [-0.1, -0.05) is 13.8 Å². The quantitative estimate of drug-likeness (QED) is 0.481. The van der Waals surface area contributed by atoms with Crippen molar-refractivity contribution in [2.24, 2.45) is 0 Å². The molecule has 20 heavy (non-hydrogen) atoms. The number of rotatable bonds is 10. The van der Waals surface area contributed by atoms with Crippen LogP contribution >= 0.6 is 0 Å². The summed E-state index contributed by atoms with van der Waals surface area (Å²) in [4.78, 5) is 22.5. The Hall–Kier alpha value is -1.15. The standard InChI is InChI=1S/C12H24N2O5S/c1-9(2)13-7-4-5-11(15)14-10(12(16)17)6-8-20(3,18)19/h9-10,13H,4-8H2,1-3H3,(H,14,15)(H,16,17). The highest BCUT2D eigenvalue weighted by molar-refractivity contribution is 7.90. The zero-order valence-corrected chi connectivity index (χ0v) is 13.0. The summed E-state index contributed by atoms with van der Waals surface area (Å²) in [6, 6.07) is -0.824. The molecule has 0 radical (unpaired) electrons. The van der Waals surface area contributed by atoms with Crippen LogP contribution in [0.1, 0.15) is 33.1 Å². The van der Waals surface area contributed by atoms with E-state index in [1.54, 1.807) is 0 Å². The molecule has 3 N–H and O–H groups in total. The zero-order valence-electron chi connectivity index (χ0n) is 12.2. The van der Waals surface area contributed by atoms with E-state index in [1.165, 1.54) is 0 Å². The molecule has 118 valence electrons. The normalized spacial score (nSPS) is 13.2. The molecule has 0 aromatic rings. The van der Waals surface area contributed by atoms with Crippen LogP contribution in [0.25, 0.3) is 0 Å². The molecule has 0 saturated carbocycles. The van der Waals surface area contributed by atoms with Crippen LogP contribution in [-0.4, -0.2) is 56.0 Å². The van der Waals surface area contributed by atoms with E-state index in [0.29, 0.717) is 19.0 Å². The van der Waals surface area contributed by atoms with Crippen LogP contribution in [0.15, 0.2) is 0 Å². The van der Waals surface area contributed by atoms with E-state index >= 15 is 0 Å². The first kappa shape index (κ1) is 18.9. The number of hydrogen-bond donors (Lipinski definition) is 3. The summed E-state index contributed by atoms with van der Waals surface area (Å²) in [6.07, 6.45) is 1.72. The van der Waals surface area contributed by atoms with Gasteiger partial charge in [-0.2, -0.15) is 0 Å². The van der Waals surface area contributed by atoms with Crippen LogP contribution in [0, 0.1) is 0 Å². The topological polar surface area (TPSA) is 113 Å². The second-order valence-electron chi connectivity index (χ2n) is 5.09. The Kier molecular flexibility index (Phi) is 8.40. The number of carboxylic acids is 1. The molecule has 0 aliphatic rings. The van der Waals surface area contributed by atoms with Gasteiger partial charge in [0.25, 0.3) is 0 Å². The number of carbonyl (C=O) groups is 2. The fraction of sp³-hybridized carbons (Fsp3) is 0.833. The molecule has 0 aliphatic heterocycles. The molecule has 0 aliphatic carbocycles. The van der Waals surface area contributed by atoms with Crippen LogP contribution in [0.5, 0.6) is 0 Å². The first-order valence-electron chi connectivity index (χ1n) is 6.55. The zero-order chi connectivity index (χ0) is 15.8. The summed E-state index contributed by atoms with van der Waals surface area (Å²) < 4.78 is 22.0. The van der Waals surface area contributed by atoms with Gasteiger partial charge in [-0.25, -0.2) is 13.2 Å². The van der Waals surface area contributed by atoms with Gasteiger partial charge in [-0.15, -0.1) is 0 Å². The Bertz CT molecular complexity index is 420. The maximum Gasteiger partial charge on any atom is 0.326 e. The highest BCUT2D eigenvalue weighted by Gasteiger charge is 2.21. The fourth-order valence-electron chi connectivity index (χ4n) is 1.50. The minimum atomic E-state index is -3.24. The van der Waals surface area contributed by atoms with Crippen molar-refractivity contribution in [2.45, 2.75) is 45.2 Å². The Balaban J connectivity index is 4.12. The van der Waals surface area contributed by atoms with E-state index in [1.807, 2.05) is 13.8 Å². The Morgan fingerprint density at radius 1 is 1.25 bits per heavy atom. The van der Waals surface area contributed by atoms with Gasteiger partial charge >= 0.3 is 5.97 Å². The Morgan fingerprint density at radius 3 is 2.30 bits per heavy atom. The smallest absolute Gasteiger partial charge is 0.326 e. The van der Waals surface area contributed by atoms with E-state index in [0.717, 1.165) is 6.26 Å². The van der Waals surface area contributed by atoms with E-state index in [-0.39, 0.29) is 24.5 Å². The number of nitrogens with one attached hydrogen (secondary N) is 2. The van der Waals surface area contributed by atoms with Gasteiger partial charge in [0.05, 0.1) is 5.75 Å². The number of aliphatic carboxylic acids is 1. The molecule has 0 spiro atoms. The molecule has 0 aromatic carbocycles. The van der Waals surface area contributed by atoms with Crippen molar-refractivity contribution < 1.29 is 23.1 Å². The molecule has 0 saturated heterocycles. The first-order valence-corrected chi connectivity index (χ1v) is 8.61. The monoisotopic (exact) mass is 308 g/mol. The lowest BCUT2D eigenvalue weighted by Gasteiger charge is -2.14. The summed E-state index contributed by atoms with van der Waals surface area (Å²) in [5, 5.41) is 14.4. The largest absolute Gasteiger partial charge is 0.480 e. The minimum Gasteiger partial charge on any atom is -0.480 e. The minimum absolute atomic E-state index is 0.121. The molecular formula is C12H24N2O5S. The number of carboxylic acid groups (broad SMARTS) is 1. The van der Waals surface area contributed by atoms with Crippen LogP contribution in [0.2, 0.25) is 0 Å². The molecule has 0 fully saturated rings. The van der Waals surface area contributed by atoms with Crippen LogP contribution in [0.3, 0.4) is 0 Å². The molecule has 1 unspecified atom stereocenters. The van der Waals surface area contributed by atoms with Gasteiger partial charge in [-0.3, -0.25) is 4.79 Å². The lowest BCUT2D eigenvalue weighted by atomic mass is 10.2. The molecule has 0 rings (SSSR count). The Morgan fingerprint density at radius 2 is 1.85 bits per heavy atom. The van der Waals surface area contributed by atoms with Crippen LogP contribution in [0.4, 0.5) is 0 Å². The predicted octanol–water partition coefficient (Wildman–Crippen LogP) is -0.231. The van der Waals surface area contributed by atoms with E-state index < -0.39 is 21.8 Å². The third-order valence-corrected chi connectivity index (χ3v) is 3.52. The lowest BCUT2D eigenvalue weighted by Crippen LogP contribution is -2.42. The van der Waals surface area contributed by atoms with Crippen LogP contribution < -0.4 is 10.6 Å². The van der Waals surface area contributed by atoms with Gasteiger partial charge in [0.1, 0.15) is 15.9 Å². The van der Waals surface area contributed by atoms with Crippen LogP contribution in [-0.2, 0) is 19.4 Å². The van der Waals surface area contributed by atoms with Gasteiger partial charge in [0.15, 0.2) is 0 Å². The summed E-state index contributed by atoms with van der Waals surface area (Å²) >= 11 is 0. The fourth-order valence-corrected chi connectivity index (χ4v) is 2.16. The molecular weight excluding hydrogens is 284 g/mol. The summed E-state index contributed by atoms with van der Waals surface area (Å²) in [7, 11) is -3.24. The summed E-state index contributed by atoms with van der Waals surface area (Å²) in [5.41, 5.74) is 0. The molecule has 0 heterocycles. The highest BCUT2D eigenvalue weighted by Crippen LogP contribution is 1.99. The molecule has 8 heteroatoms. The highest BCUT2D eigenvalue weighted by atomic mass is 32.2. The number of amides is 1. The first-order chi connectivity index (χ1) is 9.11. The maximum absolute atomic E-state index is 11.6. The Labute approximate surface area is 120 Å².